The number of nitrogens with zero attached hydrogens (tertiary/aromatic N) is 2. The molecule has 2 unspecified atom stereocenters. The molecule has 0 aromatic heterocycles. The highest BCUT2D eigenvalue weighted by atomic mass is 16.5. The number of nitrogens with two attached hydrogens (primary N) is 1. The van der Waals surface area contributed by atoms with Gasteiger partial charge in [-0.2, -0.15) is 10.5 Å². The maximum Gasteiger partial charge on any atom is 0.241 e. The molecule has 1 amide bonds. The van der Waals surface area contributed by atoms with Crippen molar-refractivity contribution >= 4 is 11.7 Å². The zero-order valence-electron chi connectivity index (χ0n) is 19.8. The fourth-order valence-corrected chi connectivity index (χ4v) is 4.94. The lowest BCUT2D eigenvalue weighted by molar-refractivity contribution is -0.130. The second-order valence-electron chi connectivity index (χ2n) is 9.57. The maximum absolute atomic E-state index is 13.1. The molecule has 7 nitrogen and oxygen atoms in total. The van der Waals surface area contributed by atoms with E-state index in [0.29, 0.717) is 38.0 Å². The van der Waals surface area contributed by atoms with Gasteiger partial charge in [0.25, 0.3) is 0 Å². The molecular weight excluding hydrogens is 440 g/mol. The van der Waals surface area contributed by atoms with Crippen LogP contribution in [0.25, 0.3) is 0 Å². The second kappa shape index (κ2) is 10.8. The predicted molar refractivity (Wildman–Crippen MR) is 130 cm³/mol. The summed E-state index contributed by atoms with van der Waals surface area (Å²) in [5, 5.41) is 21.5. The van der Waals surface area contributed by atoms with Gasteiger partial charge in [-0.15, -0.1) is 0 Å². The van der Waals surface area contributed by atoms with Crippen LogP contribution >= 0.6 is 0 Å². The third kappa shape index (κ3) is 5.77. The van der Waals surface area contributed by atoms with E-state index in [9.17, 15) is 14.9 Å². The largest absolute Gasteiger partial charge is 0.381 e. The molecule has 1 aliphatic carbocycles. The van der Waals surface area contributed by atoms with E-state index in [0.717, 1.165) is 47.9 Å². The Bertz CT molecular complexity index is 1190. The lowest BCUT2D eigenvalue weighted by Gasteiger charge is -2.32. The Labute approximate surface area is 205 Å². The first-order chi connectivity index (χ1) is 16.9. The number of aryl methyl sites for hydroxylation is 2. The average Bonchev–Trinajstić information content (AvgIpc) is 2.88. The molecule has 2 aromatic carbocycles. The van der Waals surface area contributed by atoms with Crippen molar-refractivity contribution in [3.63, 3.8) is 0 Å². The minimum absolute atomic E-state index is 0.0366. The molecule has 1 fully saturated rings. The van der Waals surface area contributed by atoms with Gasteiger partial charge in [-0.25, -0.2) is 0 Å². The molecule has 180 valence electrons. The van der Waals surface area contributed by atoms with Gasteiger partial charge >= 0.3 is 0 Å². The number of nitriles is 2. The molecule has 35 heavy (non-hydrogen) atoms. The molecule has 2 aromatic rings. The van der Waals surface area contributed by atoms with Crippen LogP contribution < -0.4 is 11.1 Å². The Kier molecular flexibility index (Phi) is 7.60. The summed E-state index contributed by atoms with van der Waals surface area (Å²) < 4.78 is 5.29. The van der Waals surface area contributed by atoms with E-state index in [1.165, 1.54) is 0 Å². The SMILES string of the molecule is N#Cc1cccc(CCC2CCc3cc(CC(C#N)NC(=O)C4(N)CCOCC4)ccc3C2=O)c1. The molecule has 1 saturated heterocycles. The molecule has 0 saturated carbocycles. The van der Waals surface area contributed by atoms with Gasteiger partial charge in [0.1, 0.15) is 6.04 Å². The number of rotatable bonds is 7. The van der Waals surface area contributed by atoms with Crippen molar-refractivity contribution in [3.8, 4) is 12.1 Å². The second-order valence-corrected chi connectivity index (χ2v) is 9.57. The number of carbonyl (C=O) groups excluding carboxylic acids is 2. The number of hydrogen-bond donors (Lipinski definition) is 2. The fourth-order valence-electron chi connectivity index (χ4n) is 4.94. The average molecular weight is 471 g/mol. The summed E-state index contributed by atoms with van der Waals surface area (Å²) >= 11 is 0. The molecule has 0 spiro atoms. The number of carbonyl (C=O) groups is 2. The minimum atomic E-state index is -0.999. The topological polar surface area (TPSA) is 129 Å². The number of nitrogens with one attached hydrogen (secondary N) is 1. The van der Waals surface area contributed by atoms with E-state index in [-0.39, 0.29) is 17.6 Å². The van der Waals surface area contributed by atoms with Crippen LogP contribution in [0.2, 0.25) is 0 Å². The van der Waals surface area contributed by atoms with E-state index in [1.54, 1.807) is 6.07 Å². The van der Waals surface area contributed by atoms with Crippen LogP contribution in [0.5, 0.6) is 0 Å². The van der Waals surface area contributed by atoms with Crippen LogP contribution in [0.1, 0.15) is 58.3 Å². The number of ketones is 1. The van der Waals surface area contributed by atoms with E-state index < -0.39 is 11.6 Å². The Balaban J connectivity index is 1.37. The summed E-state index contributed by atoms with van der Waals surface area (Å²) in [6.45, 7) is 0.875. The lowest BCUT2D eigenvalue weighted by atomic mass is 9.79. The van der Waals surface area contributed by atoms with E-state index in [4.69, 9.17) is 15.7 Å². The van der Waals surface area contributed by atoms with Gasteiger partial charge < -0.3 is 15.8 Å². The summed E-state index contributed by atoms with van der Waals surface area (Å²) in [7, 11) is 0. The van der Waals surface area contributed by atoms with Gasteiger partial charge in [-0.05, 0) is 67.3 Å². The zero-order chi connectivity index (χ0) is 24.8. The zero-order valence-corrected chi connectivity index (χ0v) is 19.8. The minimum Gasteiger partial charge on any atom is -0.381 e. The van der Waals surface area contributed by atoms with Crippen molar-refractivity contribution in [1.29, 1.82) is 10.5 Å². The number of hydrogen-bond acceptors (Lipinski definition) is 6. The highest BCUT2D eigenvalue weighted by Crippen LogP contribution is 2.30. The Morgan fingerprint density at radius 3 is 2.71 bits per heavy atom. The summed E-state index contributed by atoms with van der Waals surface area (Å²) in [6.07, 6.45) is 4.32. The first-order valence-electron chi connectivity index (χ1n) is 12.1. The number of Topliss-reactive ketones (excluding diaryl/α,β-unsaturated/α-hetero) is 1. The van der Waals surface area contributed by atoms with E-state index >= 15 is 0 Å². The molecule has 2 atom stereocenters. The molecule has 0 radical (unpaired) electrons. The molecule has 2 aliphatic rings. The molecule has 7 heteroatoms. The van der Waals surface area contributed by atoms with Crippen LogP contribution in [-0.4, -0.2) is 36.5 Å². The van der Waals surface area contributed by atoms with Gasteiger partial charge in [0.15, 0.2) is 5.78 Å². The van der Waals surface area contributed by atoms with Crippen molar-refractivity contribution in [2.75, 3.05) is 13.2 Å². The highest BCUT2D eigenvalue weighted by Gasteiger charge is 2.37. The van der Waals surface area contributed by atoms with Crippen molar-refractivity contribution in [3.05, 3.63) is 70.3 Å². The number of benzene rings is 2. The van der Waals surface area contributed by atoms with Crippen molar-refractivity contribution in [2.24, 2.45) is 11.7 Å². The van der Waals surface area contributed by atoms with Gasteiger partial charge in [0, 0.05) is 31.1 Å². The first kappa shape index (κ1) is 24.6. The Morgan fingerprint density at radius 2 is 1.97 bits per heavy atom. The van der Waals surface area contributed by atoms with Crippen LogP contribution in [0.4, 0.5) is 0 Å². The van der Waals surface area contributed by atoms with Gasteiger partial charge in [0.2, 0.25) is 5.91 Å². The number of ether oxygens (including phenoxy) is 1. The molecule has 0 bridgehead atoms. The first-order valence-corrected chi connectivity index (χ1v) is 12.1. The summed E-state index contributed by atoms with van der Waals surface area (Å²) in [4.78, 5) is 25.8. The monoisotopic (exact) mass is 470 g/mol. The van der Waals surface area contributed by atoms with E-state index in [2.05, 4.69) is 17.5 Å². The lowest BCUT2D eigenvalue weighted by Crippen LogP contribution is -2.58. The van der Waals surface area contributed by atoms with Crippen LogP contribution in [0.3, 0.4) is 0 Å². The van der Waals surface area contributed by atoms with Crippen molar-refractivity contribution in [2.45, 2.75) is 56.5 Å². The summed E-state index contributed by atoms with van der Waals surface area (Å²) in [6, 6.07) is 16.9. The smallest absolute Gasteiger partial charge is 0.241 e. The quantitative estimate of drug-likeness (QED) is 0.640. The van der Waals surface area contributed by atoms with Crippen LogP contribution in [-0.2, 0) is 28.8 Å². The fraction of sp³-hybridized carbons (Fsp3) is 0.429. The molecule has 4 rings (SSSR count). The van der Waals surface area contributed by atoms with Crippen molar-refractivity contribution in [1.82, 2.24) is 5.32 Å². The maximum atomic E-state index is 13.1. The van der Waals surface area contributed by atoms with Crippen molar-refractivity contribution < 1.29 is 14.3 Å². The number of amides is 1. The van der Waals surface area contributed by atoms with Crippen LogP contribution in [0, 0.1) is 28.6 Å². The standard InChI is InChI=1S/C28H30N4O3/c29-17-21-3-1-2-19(14-21)4-6-22-7-8-23-15-20(5-9-25(23)26(22)33)16-24(18-30)32-27(34)28(31)10-12-35-13-11-28/h1-3,5,9,14-15,22,24H,4,6-8,10-13,16,31H2,(H,32,34). The number of fused-ring (bicyclic) bond motifs is 1. The Hall–Kier alpha value is -3.52. The van der Waals surface area contributed by atoms with Gasteiger partial charge in [-0.1, -0.05) is 30.3 Å². The highest BCUT2D eigenvalue weighted by molar-refractivity contribution is 6.00. The van der Waals surface area contributed by atoms with Gasteiger partial charge in [0.05, 0.1) is 23.2 Å². The molecule has 1 heterocycles. The predicted octanol–water partition coefficient (Wildman–Crippen LogP) is 2.99. The third-order valence-electron chi connectivity index (χ3n) is 7.14. The third-order valence-corrected chi connectivity index (χ3v) is 7.14. The molecule has 1 aliphatic heterocycles. The normalized spacial score (nSPS) is 19.6. The Morgan fingerprint density at radius 1 is 1.17 bits per heavy atom. The summed E-state index contributed by atoms with van der Waals surface area (Å²) in [5.41, 5.74) is 9.60. The van der Waals surface area contributed by atoms with E-state index in [1.807, 2.05) is 36.4 Å². The van der Waals surface area contributed by atoms with Gasteiger partial charge in [-0.3, -0.25) is 9.59 Å². The summed E-state index contributed by atoms with van der Waals surface area (Å²) in [5.74, 6) is -0.196. The molecular formula is C28H30N4O3. The molecule has 3 N–H and O–H groups in total. The van der Waals surface area contributed by atoms with Crippen LogP contribution in [0.15, 0.2) is 42.5 Å².